The normalized spacial score (nSPS) is 57.6. The summed E-state index contributed by atoms with van der Waals surface area (Å²) in [5.74, 6) is 1.47. The zero-order valence-corrected chi connectivity index (χ0v) is 14.4. The standard InChI is InChI=1S/C20H32O2/c1-18-9-6-14(21)12-13(18)4-5-16-15(18)7-10-20(3)17(22)8-11-19(16,20)2/h4,14-17,21-22H,5-12H2,1-3H3/t14-,15+,16-,17-,18-,19+,20-/m0/s1. The van der Waals surface area contributed by atoms with E-state index in [1.54, 1.807) is 5.57 Å². The maximum Gasteiger partial charge on any atom is 0.0599 e. The van der Waals surface area contributed by atoms with Gasteiger partial charge in [0.15, 0.2) is 0 Å². The third-order valence-electron chi connectivity index (χ3n) is 8.88. The summed E-state index contributed by atoms with van der Waals surface area (Å²) in [6, 6.07) is 0. The summed E-state index contributed by atoms with van der Waals surface area (Å²) in [6.07, 6.45) is 11.1. The summed E-state index contributed by atoms with van der Waals surface area (Å²) >= 11 is 0. The van der Waals surface area contributed by atoms with E-state index in [0.29, 0.717) is 11.3 Å². The van der Waals surface area contributed by atoms with Crippen molar-refractivity contribution < 1.29 is 10.2 Å². The fourth-order valence-corrected chi connectivity index (χ4v) is 7.00. The van der Waals surface area contributed by atoms with Crippen LogP contribution in [0.1, 0.15) is 72.1 Å². The lowest BCUT2D eigenvalue weighted by atomic mass is 9.43. The second-order valence-electron chi connectivity index (χ2n) is 9.42. The molecule has 0 amide bonds. The van der Waals surface area contributed by atoms with Gasteiger partial charge >= 0.3 is 0 Å². The van der Waals surface area contributed by atoms with E-state index in [1.807, 2.05) is 0 Å². The highest BCUT2D eigenvalue weighted by atomic mass is 16.3. The molecule has 4 aliphatic rings. The zero-order valence-electron chi connectivity index (χ0n) is 14.4. The Morgan fingerprint density at radius 3 is 2.41 bits per heavy atom. The van der Waals surface area contributed by atoms with E-state index in [0.717, 1.165) is 31.6 Å². The van der Waals surface area contributed by atoms with Crippen molar-refractivity contribution in [1.82, 2.24) is 0 Å². The maximum atomic E-state index is 10.6. The molecular weight excluding hydrogens is 272 g/mol. The Kier molecular flexibility index (Phi) is 3.18. The predicted octanol–water partition coefficient (Wildman–Crippen LogP) is 4.06. The van der Waals surface area contributed by atoms with Crippen LogP contribution >= 0.6 is 0 Å². The van der Waals surface area contributed by atoms with E-state index < -0.39 is 0 Å². The van der Waals surface area contributed by atoms with Crippen molar-refractivity contribution in [3.8, 4) is 0 Å². The third kappa shape index (κ3) is 1.69. The molecule has 3 saturated carbocycles. The van der Waals surface area contributed by atoms with Crippen molar-refractivity contribution in [3.63, 3.8) is 0 Å². The maximum absolute atomic E-state index is 10.6. The number of allylic oxidation sites excluding steroid dienone is 1. The highest BCUT2D eigenvalue weighted by molar-refractivity contribution is 5.26. The molecule has 0 aromatic rings. The van der Waals surface area contributed by atoms with Crippen LogP contribution in [0.4, 0.5) is 0 Å². The fraction of sp³-hybridized carbons (Fsp3) is 0.900. The van der Waals surface area contributed by atoms with Gasteiger partial charge in [-0.1, -0.05) is 32.4 Å². The summed E-state index contributed by atoms with van der Waals surface area (Å²) in [4.78, 5) is 0. The molecule has 2 N–H and O–H groups in total. The summed E-state index contributed by atoms with van der Waals surface area (Å²) in [5.41, 5.74) is 2.25. The lowest BCUT2D eigenvalue weighted by molar-refractivity contribution is -0.124. The first-order chi connectivity index (χ1) is 10.3. The summed E-state index contributed by atoms with van der Waals surface area (Å²) in [7, 11) is 0. The molecule has 4 rings (SSSR count). The van der Waals surface area contributed by atoms with Crippen LogP contribution in [0.3, 0.4) is 0 Å². The van der Waals surface area contributed by atoms with Gasteiger partial charge < -0.3 is 10.2 Å². The fourth-order valence-electron chi connectivity index (χ4n) is 7.00. The Hall–Kier alpha value is -0.340. The van der Waals surface area contributed by atoms with Gasteiger partial charge in [0.1, 0.15) is 0 Å². The first-order valence-corrected chi connectivity index (χ1v) is 9.37. The topological polar surface area (TPSA) is 40.5 Å². The molecule has 0 radical (unpaired) electrons. The van der Waals surface area contributed by atoms with Gasteiger partial charge in [-0.05, 0) is 79.4 Å². The molecule has 0 aromatic heterocycles. The molecule has 0 spiro atoms. The van der Waals surface area contributed by atoms with E-state index in [4.69, 9.17) is 0 Å². The van der Waals surface area contributed by atoms with E-state index >= 15 is 0 Å². The first kappa shape index (κ1) is 15.2. The van der Waals surface area contributed by atoms with Crippen molar-refractivity contribution in [1.29, 1.82) is 0 Å². The molecule has 3 fully saturated rings. The largest absolute Gasteiger partial charge is 0.393 e. The molecule has 0 heterocycles. The Morgan fingerprint density at radius 2 is 1.64 bits per heavy atom. The van der Waals surface area contributed by atoms with Crippen LogP contribution in [0.15, 0.2) is 11.6 Å². The molecule has 2 nitrogen and oxygen atoms in total. The molecule has 124 valence electrons. The van der Waals surface area contributed by atoms with Gasteiger partial charge in [0.05, 0.1) is 12.2 Å². The predicted molar refractivity (Wildman–Crippen MR) is 88.3 cm³/mol. The monoisotopic (exact) mass is 304 g/mol. The highest BCUT2D eigenvalue weighted by Crippen LogP contribution is 2.70. The van der Waals surface area contributed by atoms with Crippen LogP contribution in [0.5, 0.6) is 0 Å². The third-order valence-corrected chi connectivity index (χ3v) is 8.88. The number of hydrogen-bond donors (Lipinski definition) is 2. The molecule has 0 unspecified atom stereocenters. The van der Waals surface area contributed by atoms with Crippen LogP contribution in [-0.4, -0.2) is 22.4 Å². The van der Waals surface area contributed by atoms with E-state index in [2.05, 4.69) is 26.8 Å². The van der Waals surface area contributed by atoms with Crippen LogP contribution in [0.25, 0.3) is 0 Å². The number of rotatable bonds is 0. The zero-order chi connectivity index (χ0) is 15.8. The molecule has 7 atom stereocenters. The van der Waals surface area contributed by atoms with Crippen LogP contribution in [0, 0.1) is 28.1 Å². The second-order valence-corrected chi connectivity index (χ2v) is 9.42. The minimum absolute atomic E-state index is 0.107. The molecule has 0 aliphatic heterocycles. The minimum atomic E-state index is -0.117. The quantitative estimate of drug-likeness (QED) is 0.663. The summed E-state index contributed by atoms with van der Waals surface area (Å²) < 4.78 is 0. The average molecular weight is 304 g/mol. The SMILES string of the molecule is C[C@]12CC[C@H](O)CC1=CC[C@H]1[C@H]2CC[C@@]2(C)[C@@H](O)CC[C@]12C. The Morgan fingerprint density at radius 1 is 0.909 bits per heavy atom. The van der Waals surface area contributed by atoms with Gasteiger partial charge in [-0.3, -0.25) is 0 Å². The Balaban J connectivity index is 1.73. The van der Waals surface area contributed by atoms with Crippen molar-refractivity contribution in [2.24, 2.45) is 28.1 Å². The summed E-state index contributed by atoms with van der Waals surface area (Å²) in [6.45, 7) is 7.30. The molecule has 4 aliphatic carbocycles. The smallest absolute Gasteiger partial charge is 0.0599 e. The molecule has 2 heteroatoms. The van der Waals surface area contributed by atoms with Crippen molar-refractivity contribution in [2.75, 3.05) is 0 Å². The number of fused-ring (bicyclic) bond motifs is 5. The van der Waals surface area contributed by atoms with Gasteiger partial charge in [0.25, 0.3) is 0 Å². The van der Waals surface area contributed by atoms with E-state index in [1.165, 1.54) is 25.7 Å². The van der Waals surface area contributed by atoms with Gasteiger partial charge in [0, 0.05) is 0 Å². The molecule has 0 aromatic carbocycles. The summed E-state index contributed by atoms with van der Waals surface area (Å²) in [5, 5.41) is 20.7. The molecule has 0 saturated heterocycles. The Bertz CT molecular complexity index is 512. The molecule has 0 bridgehead atoms. The highest BCUT2D eigenvalue weighted by Gasteiger charge is 2.64. The van der Waals surface area contributed by atoms with E-state index in [9.17, 15) is 10.2 Å². The Labute approximate surface area is 135 Å². The lowest BCUT2D eigenvalue weighted by Gasteiger charge is -2.62. The minimum Gasteiger partial charge on any atom is -0.393 e. The van der Waals surface area contributed by atoms with Crippen molar-refractivity contribution in [3.05, 3.63) is 11.6 Å². The van der Waals surface area contributed by atoms with Crippen molar-refractivity contribution in [2.45, 2.75) is 84.3 Å². The molecular formula is C20H32O2. The van der Waals surface area contributed by atoms with Gasteiger partial charge in [-0.15, -0.1) is 0 Å². The van der Waals surface area contributed by atoms with Gasteiger partial charge in [0.2, 0.25) is 0 Å². The second kappa shape index (κ2) is 4.60. The molecule has 22 heavy (non-hydrogen) atoms. The van der Waals surface area contributed by atoms with Gasteiger partial charge in [-0.2, -0.15) is 0 Å². The van der Waals surface area contributed by atoms with Crippen LogP contribution in [-0.2, 0) is 0 Å². The number of aliphatic hydroxyl groups excluding tert-OH is 2. The van der Waals surface area contributed by atoms with Crippen LogP contribution < -0.4 is 0 Å². The average Bonchev–Trinajstić information content (AvgIpc) is 2.72. The number of aliphatic hydroxyl groups is 2. The van der Waals surface area contributed by atoms with Gasteiger partial charge in [-0.25, -0.2) is 0 Å². The lowest BCUT2D eigenvalue weighted by Crippen LogP contribution is -2.56. The van der Waals surface area contributed by atoms with Crippen LogP contribution in [0.2, 0.25) is 0 Å². The van der Waals surface area contributed by atoms with E-state index in [-0.39, 0.29) is 23.0 Å². The number of hydrogen-bond acceptors (Lipinski definition) is 2. The van der Waals surface area contributed by atoms with Crippen molar-refractivity contribution >= 4 is 0 Å². The first-order valence-electron chi connectivity index (χ1n) is 9.37.